The number of hydrogen-bond acceptors (Lipinski definition) is 1. The molecule has 0 aliphatic carbocycles. The topological polar surface area (TPSA) is 12.0 Å². The Kier molecular flexibility index (Phi) is 2.83. The van der Waals surface area contributed by atoms with Gasteiger partial charge in [0.1, 0.15) is 0 Å². The summed E-state index contributed by atoms with van der Waals surface area (Å²) >= 11 is 0. The molecular weight excluding hydrogens is 194 g/mol. The lowest BCUT2D eigenvalue weighted by Crippen LogP contribution is -2.39. The van der Waals surface area contributed by atoms with E-state index in [9.17, 15) is 0 Å². The lowest BCUT2D eigenvalue weighted by molar-refractivity contribution is 0.256. The Morgan fingerprint density at radius 3 is 2.50 bits per heavy atom. The molecule has 0 radical (unpaired) electrons. The fraction of sp³-hybridized carbons (Fsp3) is 0.600. The largest absolute Gasteiger partial charge is 0.309 e. The maximum absolute atomic E-state index is 3.69. The number of rotatable bonds is 0. The van der Waals surface area contributed by atoms with Crippen LogP contribution in [0, 0.1) is 12.3 Å². The third-order valence-electron chi connectivity index (χ3n) is 3.58. The van der Waals surface area contributed by atoms with Gasteiger partial charge in [0.25, 0.3) is 0 Å². The van der Waals surface area contributed by atoms with E-state index in [2.05, 4.69) is 58.1 Å². The van der Waals surface area contributed by atoms with Crippen LogP contribution in [0.4, 0.5) is 0 Å². The molecule has 2 unspecified atom stereocenters. The van der Waals surface area contributed by atoms with Gasteiger partial charge >= 0.3 is 0 Å². The van der Waals surface area contributed by atoms with Crippen molar-refractivity contribution in [1.82, 2.24) is 5.32 Å². The fourth-order valence-corrected chi connectivity index (χ4v) is 2.68. The molecule has 0 saturated heterocycles. The van der Waals surface area contributed by atoms with Crippen LogP contribution in [-0.4, -0.2) is 6.54 Å². The third kappa shape index (κ3) is 2.01. The van der Waals surface area contributed by atoms with E-state index in [1.807, 2.05) is 0 Å². The number of aryl methyl sites for hydroxylation is 1. The van der Waals surface area contributed by atoms with Crippen LogP contribution in [0.3, 0.4) is 0 Å². The van der Waals surface area contributed by atoms with E-state index in [1.165, 1.54) is 16.7 Å². The first-order valence-electron chi connectivity index (χ1n) is 6.23. The van der Waals surface area contributed by atoms with E-state index in [0.29, 0.717) is 12.0 Å². The monoisotopic (exact) mass is 217 g/mol. The molecule has 1 aliphatic heterocycles. The molecule has 0 aromatic heterocycles. The highest BCUT2D eigenvalue weighted by atomic mass is 14.9. The molecule has 1 heterocycles. The zero-order chi connectivity index (χ0) is 11.9. The van der Waals surface area contributed by atoms with Gasteiger partial charge in [0.15, 0.2) is 0 Å². The van der Waals surface area contributed by atoms with Crippen molar-refractivity contribution in [3.05, 3.63) is 34.9 Å². The number of fused-ring (bicyclic) bond motifs is 1. The Hall–Kier alpha value is -0.820. The van der Waals surface area contributed by atoms with Crippen LogP contribution in [-0.2, 0) is 0 Å². The summed E-state index contributed by atoms with van der Waals surface area (Å²) in [7, 11) is 0. The molecule has 0 amide bonds. The highest BCUT2D eigenvalue weighted by Gasteiger charge is 2.32. The van der Waals surface area contributed by atoms with Gasteiger partial charge < -0.3 is 5.32 Å². The molecule has 1 aromatic carbocycles. The Labute approximate surface area is 99.3 Å². The Morgan fingerprint density at radius 2 is 1.88 bits per heavy atom. The zero-order valence-corrected chi connectivity index (χ0v) is 11.1. The van der Waals surface area contributed by atoms with Crippen molar-refractivity contribution in [1.29, 1.82) is 0 Å². The van der Waals surface area contributed by atoms with Gasteiger partial charge in [-0.25, -0.2) is 0 Å². The van der Waals surface area contributed by atoms with Gasteiger partial charge in [-0.15, -0.1) is 0 Å². The van der Waals surface area contributed by atoms with Crippen LogP contribution < -0.4 is 5.32 Å². The summed E-state index contributed by atoms with van der Waals surface area (Å²) in [5.74, 6) is 0.634. The molecule has 1 aromatic rings. The fourth-order valence-electron chi connectivity index (χ4n) is 2.68. The highest BCUT2D eigenvalue weighted by Crippen LogP contribution is 2.40. The molecule has 2 atom stereocenters. The minimum absolute atomic E-state index is 0.280. The summed E-state index contributed by atoms with van der Waals surface area (Å²) in [5, 5.41) is 3.69. The van der Waals surface area contributed by atoms with Gasteiger partial charge in [0.2, 0.25) is 0 Å². The summed E-state index contributed by atoms with van der Waals surface area (Å²) in [6, 6.07) is 7.39. The highest BCUT2D eigenvalue weighted by molar-refractivity contribution is 5.39. The molecule has 1 nitrogen and oxygen atoms in total. The smallest absolute Gasteiger partial charge is 0.0372 e. The molecule has 0 bridgehead atoms. The summed E-state index contributed by atoms with van der Waals surface area (Å²) in [6.45, 7) is 12.5. The first-order chi connectivity index (χ1) is 7.39. The maximum Gasteiger partial charge on any atom is 0.0372 e. The predicted octanol–water partition coefficient (Wildman–Crippen LogP) is 3.79. The summed E-state index contributed by atoms with van der Waals surface area (Å²) in [4.78, 5) is 0. The molecular formula is C15H23N. The van der Waals surface area contributed by atoms with Gasteiger partial charge in [-0.3, -0.25) is 0 Å². The average Bonchev–Trinajstić information content (AvgIpc) is 2.15. The van der Waals surface area contributed by atoms with E-state index in [4.69, 9.17) is 0 Å². The zero-order valence-electron chi connectivity index (χ0n) is 11.1. The van der Waals surface area contributed by atoms with Gasteiger partial charge in [-0.1, -0.05) is 51.5 Å². The summed E-state index contributed by atoms with van der Waals surface area (Å²) < 4.78 is 0. The van der Waals surface area contributed by atoms with Crippen molar-refractivity contribution in [2.24, 2.45) is 5.41 Å². The second-order valence-corrected chi connectivity index (χ2v) is 6.24. The minimum Gasteiger partial charge on any atom is -0.309 e. The molecule has 1 aliphatic rings. The van der Waals surface area contributed by atoms with Crippen LogP contribution in [0.1, 0.15) is 56.3 Å². The lowest BCUT2D eigenvalue weighted by atomic mass is 9.76. The van der Waals surface area contributed by atoms with E-state index < -0.39 is 0 Å². The first-order valence-corrected chi connectivity index (χ1v) is 6.23. The predicted molar refractivity (Wildman–Crippen MR) is 69.8 cm³/mol. The van der Waals surface area contributed by atoms with Gasteiger partial charge in [0, 0.05) is 12.6 Å². The van der Waals surface area contributed by atoms with Crippen molar-refractivity contribution < 1.29 is 0 Å². The van der Waals surface area contributed by atoms with Crippen LogP contribution in [0.15, 0.2) is 18.2 Å². The molecule has 1 heteroatoms. The van der Waals surface area contributed by atoms with Crippen molar-refractivity contribution in [3.63, 3.8) is 0 Å². The molecule has 88 valence electrons. The van der Waals surface area contributed by atoms with Gasteiger partial charge in [-0.2, -0.15) is 0 Å². The van der Waals surface area contributed by atoms with Crippen molar-refractivity contribution >= 4 is 0 Å². The number of hydrogen-bond donors (Lipinski definition) is 1. The summed E-state index contributed by atoms with van der Waals surface area (Å²) in [6.07, 6.45) is 0. The van der Waals surface area contributed by atoms with E-state index in [1.54, 1.807) is 0 Å². The molecule has 0 saturated carbocycles. The number of nitrogens with one attached hydrogen (secondary N) is 1. The van der Waals surface area contributed by atoms with Crippen molar-refractivity contribution in [2.45, 2.75) is 46.6 Å². The molecule has 2 rings (SSSR count). The van der Waals surface area contributed by atoms with Crippen LogP contribution >= 0.6 is 0 Å². The van der Waals surface area contributed by atoms with Gasteiger partial charge in [-0.05, 0) is 29.4 Å². The van der Waals surface area contributed by atoms with Crippen LogP contribution in [0.25, 0.3) is 0 Å². The van der Waals surface area contributed by atoms with Crippen molar-refractivity contribution in [3.8, 4) is 0 Å². The number of benzene rings is 1. The average molecular weight is 217 g/mol. The van der Waals surface area contributed by atoms with Gasteiger partial charge in [0.05, 0.1) is 0 Å². The van der Waals surface area contributed by atoms with Crippen molar-refractivity contribution in [2.75, 3.05) is 6.54 Å². The Balaban J connectivity index is 2.50. The quantitative estimate of drug-likeness (QED) is 0.697. The molecule has 0 fully saturated rings. The lowest BCUT2D eigenvalue weighted by Gasteiger charge is -2.39. The molecule has 16 heavy (non-hydrogen) atoms. The minimum atomic E-state index is 0.280. The Morgan fingerprint density at radius 1 is 1.19 bits per heavy atom. The SMILES string of the molecule is Cc1ccc2c(c1)C(C(C)(C)C)NCC2C. The second-order valence-electron chi connectivity index (χ2n) is 6.24. The van der Waals surface area contributed by atoms with E-state index >= 15 is 0 Å². The normalized spacial score (nSPS) is 25.3. The van der Waals surface area contributed by atoms with Crippen LogP contribution in [0.5, 0.6) is 0 Å². The van der Waals surface area contributed by atoms with Crippen LogP contribution in [0.2, 0.25) is 0 Å². The van der Waals surface area contributed by atoms with E-state index in [-0.39, 0.29) is 5.41 Å². The molecule has 0 spiro atoms. The second kappa shape index (κ2) is 3.89. The van der Waals surface area contributed by atoms with E-state index in [0.717, 1.165) is 6.54 Å². The maximum atomic E-state index is 3.69. The third-order valence-corrected chi connectivity index (χ3v) is 3.58. The molecule has 1 N–H and O–H groups in total. The standard InChI is InChI=1S/C15H23N/c1-10-6-7-12-11(2)9-16-14(13(12)8-10)15(3,4)5/h6-8,11,14,16H,9H2,1-5H3. The first kappa shape index (κ1) is 11.7. The Bertz CT molecular complexity index is 387. The summed E-state index contributed by atoms with van der Waals surface area (Å²) in [5.41, 5.74) is 4.68.